The van der Waals surface area contributed by atoms with Crippen LogP contribution in [0.5, 0.6) is 0 Å². The average Bonchev–Trinajstić information content (AvgIpc) is 3.96. The summed E-state index contributed by atoms with van der Waals surface area (Å²) in [6, 6.07) is 77.3. The molecule has 0 amide bonds. The molecule has 58 heavy (non-hydrogen) atoms. The zero-order chi connectivity index (χ0) is 38.2. The molecule has 0 bridgehead atoms. The molecule has 0 N–H and O–H groups in total. The summed E-state index contributed by atoms with van der Waals surface area (Å²) in [5.74, 6) is 0. The van der Waals surface area contributed by atoms with Crippen molar-refractivity contribution in [3.63, 3.8) is 0 Å². The van der Waals surface area contributed by atoms with Crippen molar-refractivity contribution in [2.75, 3.05) is 4.90 Å². The van der Waals surface area contributed by atoms with Crippen molar-refractivity contribution in [2.45, 2.75) is 5.41 Å². The molecule has 2 heterocycles. The molecule has 2 aromatic heterocycles. The molecular weight excluding hydrogens is 723 g/mol. The molecule has 272 valence electrons. The van der Waals surface area contributed by atoms with Crippen molar-refractivity contribution >= 4 is 70.5 Å². The second-order valence-electron chi connectivity index (χ2n) is 15.2. The molecule has 9 aromatic carbocycles. The fourth-order valence-electron chi connectivity index (χ4n) is 9.71. The number of fused-ring (bicyclic) bond motifs is 10. The number of thiophene rings is 1. The van der Waals surface area contributed by atoms with Crippen LogP contribution in [0.3, 0.4) is 0 Å². The monoisotopic (exact) mass is 757 g/mol. The van der Waals surface area contributed by atoms with E-state index < -0.39 is 5.41 Å². The number of benzene rings is 9. The van der Waals surface area contributed by atoms with Crippen molar-refractivity contribution in [1.82, 2.24) is 0 Å². The number of furan rings is 1. The third-order valence-corrected chi connectivity index (χ3v) is 13.4. The van der Waals surface area contributed by atoms with Gasteiger partial charge in [-0.05, 0) is 105 Å². The smallest absolute Gasteiger partial charge is 0.136 e. The first-order valence-electron chi connectivity index (χ1n) is 19.8. The number of anilines is 3. The standard InChI is InChI=1S/C55H35NOS/c1-4-15-37(16-5-1)55(38-17-6-2-7-18-38)47-24-12-10-21-43(47)44-32-31-41(35-48(44)55)56(39-19-8-3-9-20-39)40-29-27-36(28-30-40)42-23-14-25-49-52(42)53-50(57-49)34-33-46-45-22-11-13-26-51(45)58-54(46)53/h1-35H. The van der Waals surface area contributed by atoms with Gasteiger partial charge in [-0.3, -0.25) is 0 Å². The zero-order valence-corrected chi connectivity index (χ0v) is 32.3. The van der Waals surface area contributed by atoms with Gasteiger partial charge in [0.2, 0.25) is 0 Å². The van der Waals surface area contributed by atoms with Gasteiger partial charge in [-0.15, -0.1) is 11.3 Å². The van der Waals surface area contributed by atoms with Crippen molar-refractivity contribution in [3.05, 3.63) is 235 Å². The number of nitrogens with zero attached hydrogens (tertiary/aromatic N) is 1. The average molecular weight is 758 g/mol. The lowest BCUT2D eigenvalue weighted by Crippen LogP contribution is -2.28. The first-order chi connectivity index (χ1) is 28.8. The number of para-hydroxylation sites is 1. The molecule has 2 nitrogen and oxygen atoms in total. The van der Waals surface area contributed by atoms with Gasteiger partial charge in [0.25, 0.3) is 0 Å². The number of hydrogen-bond donors (Lipinski definition) is 0. The largest absolute Gasteiger partial charge is 0.456 e. The molecular formula is C55H35NOS. The first kappa shape index (κ1) is 33.0. The van der Waals surface area contributed by atoms with Crippen molar-refractivity contribution in [2.24, 2.45) is 0 Å². The van der Waals surface area contributed by atoms with E-state index in [1.165, 1.54) is 69.9 Å². The van der Waals surface area contributed by atoms with E-state index in [9.17, 15) is 0 Å². The summed E-state index contributed by atoms with van der Waals surface area (Å²) in [5, 5.41) is 4.93. The minimum Gasteiger partial charge on any atom is -0.456 e. The Balaban J connectivity index is 1.04. The quantitative estimate of drug-likeness (QED) is 0.168. The molecule has 0 fully saturated rings. The minimum absolute atomic E-state index is 0.484. The van der Waals surface area contributed by atoms with Gasteiger partial charge in [0, 0.05) is 48.0 Å². The van der Waals surface area contributed by atoms with E-state index in [-0.39, 0.29) is 0 Å². The second-order valence-corrected chi connectivity index (χ2v) is 16.2. The van der Waals surface area contributed by atoms with Crippen LogP contribution in [0.25, 0.3) is 64.4 Å². The maximum absolute atomic E-state index is 6.54. The lowest BCUT2D eigenvalue weighted by atomic mass is 9.67. The summed E-state index contributed by atoms with van der Waals surface area (Å²) in [6.07, 6.45) is 0. The van der Waals surface area contributed by atoms with Gasteiger partial charge in [-0.1, -0.05) is 152 Å². The van der Waals surface area contributed by atoms with E-state index in [0.29, 0.717) is 0 Å². The molecule has 0 aliphatic heterocycles. The van der Waals surface area contributed by atoms with Gasteiger partial charge < -0.3 is 9.32 Å². The van der Waals surface area contributed by atoms with Crippen molar-refractivity contribution < 1.29 is 4.42 Å². The molecule has 1 aliphatic carbocycles. The van der Waals surface area contributed by atoms with Crippen molar-refractivity contribution in [3.8, 4) is 22.3 Å². The van der Waals surface area contributed by atoms with Crippen LogP contribution in [0.1, 0.15) is 22.3 Å². The van der Waals surface area contributed by atoms with E-state index in [2.05, 4.69) is 217 Å². The van der Waals surface area contributed by atoms with E-state index >= 15 is 0 Å². The highest BCUT2D eigenvalue weighted by atomic mass is 32.1. The highest BCUT2D eigenvalue weighted by Crippen LogP contribution is 2.57. The normalized spacial score (nSPS) is 13.0. The van der Waals surface area contributed by atoms with Gasteiger partial charge in [0.05, 0.1) is 5.41 Å². The van der Waals surface area contributed by atoms with Gasteiger partial charge in [-0.2, -0.15) is 0 Å². The molecule has 0 spiro atoms. The Kier molecular flexibility index (Phi) is 7.35. The van der Waals surface area contributed by atoms with Crippen molar-refractivity contribution in [1.29, 1.82) is 0 Å². The Morgan fingerprint density at radius 3 is 1.78 bits per heavy atom. The van der Waals surface area contributed by atoms with Gasteiger partial charge >= 0.3 is 0 Å². The summed E-state index contributed by atoms with van der Waals surface area (Å²) in [5.41, 5.74) is 14.6. The number of rotatable bonds is 6. The fraction of sp³-hybridized carbons (Fsp3) is 0.0182. The van der Waals surface area contributed by atoms with Crippen LogP contribution in [0.4, 0.5) is 17.1 Å². The summed E-state index contributed by atoms with van der Waals surface area (Å²) >= 11 is 1.85. The van der Waals surface area contributed by atoms with Crippen LogP contribution in [0.2, 0.25) is 0 Å². The van der Waals surface area contributed by atoms with E-state index in [1.54, 1.807) is 0 Å². The summed E-state index contributed by atoms with van der Waals surface area (Å²) in [7, 11) is 0. The highest BCUT2D eigenvalue weighted by Gasteiger charge is 2.46. The Labute approximate surface area is 340 Å². The van der Waals surface area contributed by atoms with Crippen LogP contribution in [-0.2, 0) is 5.41 Å². The Hall–Kier alpha value is -7.20. The zero-order valence-electron chi connectivity index (χ0n) is 31.5. The summed E-state index contributed by atoms with van der Waals surface area (Å²) < 4.78 is 9.10. The van der Waals surface area contributed by atoms with Crippen LogP contribution in [0.15, 0.2) is 217 Å². The SMILES string of the molecule is c1ccc(N(c2ccc(-c3cccc4oc5ccc6c7ccccc7sc6c5c34)cc2)c2ccc3c(c2)C(c2ccccc2)(c2ccccc2)c2ccccc2-3)cc1. The fourth-order valence-corrected chi connectivity index (χ4v) is 11.0. The lowest BCUT2D eigenvalue weighted by Gasteiger charge is -2.35. The second kappa shape index (κ2) is 12.9. The molecule has 0 saturated heterocycles. The molecule has 1 aliphatic rings. The van der Waals surface area contributed by atoms with Gasteiger partial charge in [0.15, 0.2) is 0 Å². The van der Waals surface area contributed by atoms with Crippen LogP contribution >= 0.6 is 11.3 Å². The molecule has 11 aromatic rings. The molecule has 3 heteroatoms. The summed E-state index contributed by atoms with van der Waals surface area (Å²) in [6.45, 7) is 0. The first-order valence-corrected chi connectivity index (χ1v) is 20.7. The summed E-state index contributed by atoms with van der Waals surface area (Å²) in [4.78, 5) is 2.39. The maximum Gasteiger partial charge on any atom is 0.136 e. The van der Waals surface area contributed by atoms with Crippen LogP contribution in [0, 0.1) is 0 Å². The van der Waals surface area contributed by atoms with Crippen LogP contribution < -0.4 is 4.90 Å². The van der Waals surface area contributed by atoms with E-state index in [0.717, 1.165) is 33.8 Å². The lowest BCUT2D eigenvalue weighted by molar-refractivity contribution is 0.669. The molecule has 0 radical (unpaired) electrons. The third kappa shape index (κ3) is 4.78. The predicted octanol–water partition coefficient (Wildman–Crippen LogP) is 15.5. The minimum atomic E-state index is -0.484. The van der Waals surface area contributed by atoms with Gasteiger partial charge in [-0.25, -0.2) is 0 Å². The third-order valence-electron chi connectivity index (χ3n) is 12.2. The van der Waals surface area contributed by atoms with Gasteiger partial charge in [0.1, 0.15) is 11.2 Å². The number of hydrogen-bond acceptors (Lipinski definition) is 3. The molecule has 0 atom stereocenters. The van der Waals surface area contributed by atoms with E-state index in [4.69, 9.17) is 4.42 Å². The Morgan fingerprint density at radius 2 is 1.00 bits per heavy atom. The predicted molar refractivity (Wildman–Crippen MR) is 244 cm³/mol. The topological polar surface area (TPSA) is 16.4 Å². The maximum atomic E-state index is 6.54. The molecule has 0 unspecified atom stereocenters. The highest BCUT2D eigenvalue weighted by molar-refractivity contribution is 7.26. The molecule has 0 saturated carbocycles. The van der Waals surface area contributed by atoms with E-state index in [1.807, 2.05) is 11.3 Å². The van der Waals surface area contributed by atoms with Crippen LogP contribution in [-0.4, -0.2) is 0 Å². The Morgan fingerprint density at radius 1 is 0.397 bits per heavy atom. The Bertz CT molecular complexity index is 3290. The molecule has 12 rings (SSSR count).